The number of carbonyl (C=O) groups is 1. The zero-order valence-electron chi connectivity index (χ0n) is 12.2. The summed E-state index contributed by atoms with van der Waals surface area (Å²) < 4.78 is 66.8. The quantitative estimate of drug-likeness (QED) is 0.628. The maximum Gasteiger partial charge on any atom is 0.573 e. The molecule has 0 aromatic heterocycles. The van der Waals surface area contributed by atoms with Gasteiger partial charge in [0.05, 0.1) is 0 Å². The Morgan fingerprint density at radius 1 is 1.00 bits per heavy atom. The lowest BCUT2D eigenvalue weighted by Crippen LogP contribution is -2.35. The summed E-state index contributed by atoms with van der Waals surface area (Å²) in [6.45, 7) is 0. The van der Waals surface area contributed by atoms with Gasteiger partial charge >= 0.3 is 6.36 Å². The third-order valence-electron chi connectivity index (χ3n) is 2.76. The predicted molar refractivity (Wildman–Crippen MR) is 83.2 cm³/mol. The number of amides is 1. The first-order valence-corrected chi connectivity index (χ1v) is 6.99. The predicted octanol–water partition coefficient (Wildman–Crippen LogP) is 3.99. The Labute approximate surface area is 143 Å². The Balaban J connectivity index is 1.99. The smallest absolute Gasteiger partial charge is 0.406 e. The summed E-state index contributed by atoms with van der Waals surface area (Å²) in [5.74, 6) is -3.67. The Kier molecular flexibility index (Phi) is 5.52. The van der Waals surface area contributed by atoms with Gasteiger partial charge in [-0.1, -0.05) is 6.07 Å². The molecule has 2 aromatic rings. The third kappa shape index (κ3) is 5.38. The van der Waals surface area contributed by atoms with Gasteiger partial charge in [-0.05, 0) is 48.6 Å². The van der Waals surface area contributed by atoms with Crippen LogP contribution in [0.15, 0.2) is 42.5 Å². The molecule has 0 aliphatic carbocycles. The average Bonchev–Trinajstić information content (AvgIpc) is 2.47. The lowest BCUT2D eigenvalue weighted by atomic mass is 10.2. The lowest BCUT2D eigenvalue weighted by molar-refractivity contribution is -0.274. The Hall–Kier alpha value is -2.75. The minimum atomic E-state index is -4.82. The van der Waals surface area contributed by atoms with Gasteiger partial charge < -0.3 is 10.1 Å². The monoisotopic (exact) mass is 376 g/mol. The van der Waals surface area contributed by atoms with E-state index in [1.54, 1.807) is 0 Å². The molecule has 25 heavy (non-hydrogen) atoms. The van der Waals surface area contributed by atoms with Crippen molar-refractivity contribution in [3.63, 3.8) is 0 Å². The van der Waals surface area contributed by atoms with E-state index in [2.05, 4.69) is 15.4 Å². The number of benzene rings is 2. The van der Waals surface area contributed by atoms with Crippen molar-refractivity contribution in [2.24, 2.45) is 0 Å². The highest BCUT2D eigenvalue weighted by atomic mass is 32.1. The highest BCUT2D eigenvalue weighted by Gasteiger charge is 2.30. The molecular formula is C15H9F5N2O2S. The maximum absolute atomic E-state index is 13.5. The minimum Gasteiger partial charge on any atom is -0.406 e. The van der Waals surface area contributed by atoms with Crippen molar-refractivity contribution in [1.29, 1.82) is 0 Å². The molecule has 0 saturated carbocycles. The fraction of sp³-hybridized carbons (Fsp3) is 0.0667. The molecule has 1 amide bonds. The van der Waals surface area contributed by atoms with Crippen molar-refractivity contribution in [1.82, 2.24) is 5.32 Å². The summed E-state index contributed by atoms with van der Waals surface area (Å²) >= 11 is 4.82. The van der Waals surface area contributed by atoms with Crippen LogP contribution in [0.2, 0.25) is 0 Å². The van der Waals surface area contributed by atoms with Gasteiger partial charge in [0, 0.05) is 5.69 Å². The number of hydrogen-bond donors (Lipinski definition) is 2. The third-order valence-corrected chi connectivity index (χ3v) is 2.97. The van der Waals surface area contributed by atoms with Gasteiger partial charge in [0.15, 0.2) is 5.11 Å². The SMILES string of the molecule is O=C(NC(=S)Nc1ccc(OC(F)(F)F)cc1)c1c(F)cccc1F. The van der Waals surface area contributed by atoms with Crippen molar-refractivity contribution in [2.45, 2.75) is 6.36 Å². The van der Waals surface area contributed by atoms with Crippen LogP contribution in [0.4, 0.5) is 27.6 Å². The van der Waals surface area contributed by atoms with Crippen molar-refractivity contribution < 1.29 is 31.5 Å². The molecule has 132 valence electrons. The van der Waals surface area contributed by atoms with E-state index in [9.17, 15) is 26.7 Å². The van der Waals surface area contributed by atoms with Crippen LogP contribution in [-0.4, -0.2) is 17.4 Å². The summed E-state index contributed by atoms with van der Waals surface area (Å²) in [4.78, 5) is 11.8. The van der Waals surface area contributed by atoms with Crippen LogP contribution in [0.5, 0.6) is 5.75 Å². The van der Waals surface area contributed by atoms with E-state index in [0.29, 0.717) is 0 Å². The molecule has 0 saturated heterocycles. The maximum atomic E-state index is 13.5. The summed E-state index contributed by atoms with van der Waals surface area (Å²) in [7, 11) is 0. The topological polar surface area (TPSA) is 50.4 Å². The zero-order chi connectivity index (χ0) is 18.6. The molecule has 0 unspecified atom stereocenters. The Morgan fingerprint density at radius 3 is 2.08 bits per heavy atom. The van der Waals surface area contributed by atoms with Crippen LogP contribution >= 0.6 is 12.2 Å². The molecular weight excluding hydrogens is 367 g/mol. The number of hydrogen-bond acceptors (Lipinski definition) is 3. The number of anilines is 1. The molecule has 0 fully saturated rings. The molecule has 2 aromatic carbocycles. The standard InChI is InChI=1S/C15H9F5N2O2S/c16-10-2-1-3-11(17)12(10)13(23)22-14(25)21-8-4-6-9(7-5-8)24-15(18,19)20/h1-7H,(H2,21,22,23,25). The van der Waals surface area contributed by atoms with Crippen LogP contribution in [0.3, 0.4) is 0 Å². The van der Waals surface area contributed by atoms with Crippen molar-refractivity contribution in [3.8, 4) is 5.75 Å². The molecule has 2 N–H and O–H groups in total. The van der Waals surface area contributed by atoms with Crippen LogP contribution in [0.1, 0.15) is 10.4 Å². The molecule has 10 heteroatoms. The van der Waals surface area contributed by atoms with Gasteiger partial charge in [0.1, 0.15) is 22.9 Å². The second-order valence-electron chi connectivity index (χ2n) is 4.58. The molecule has 2 rings (SSSR count). The van der Waals surface area contributed by atoms with Crippen molar-refractivity contribution in [2.75, 3.05) is 5.32 Å². The second-order valence-corrected chi connectivity index (χ2v) is 4.99. The number of ether oxygens (including phenoxy) is 1. The van der Waals surface area contributed by atoms with E-state index >= 15 is 0 Å². The average molecular weight is 376 g/mol. The van der Waals surface area contributed by atoms with Crippen molar-refractivity contribution in [3.05, 3.63) is 59.7 Å². The Morgan fingerprint density at radius 2 is 1.56 bits per heavy atom. The summed E-state index contributed by atoms with van der Waals surface area (Å²) in [6.07, 6.45) is -4.82. The van der Waals surface area contributed by atoms with Gasteiger partial charge in [-0.15, -0.1) is 13.2 Å². The first kappa shape index (κ1) is 18.6. The summed E-state index contributed by atoms with van der Waals surface area (Å²) in [5, 5.41) is 4.26. The Bertz CT molecular complexity index is 773. The fourth-order valence-electron chi connectivity index (χ4n) is 1.78. The highest BCUT2D eigenvalue weighted by Crippen LogP contribution is 2.23. The van der Waals surface area contributed by atoms with E-state index < -0.39 is 35.2 Å². The van der Waals surface area contributed by atoms with E-state index in [4.69, 9.17) is 12.2 Å². The van der Waals surface area contributed by atoms with Crippen LogP contribution in [0.25, 0.3) is 0 Å². The number of halogens is 5. The minimum absolute atomic E-state index is 0.230. The van der Waals surface area contributed by atoms with E-state index in [1.807, 2.05) is 0 Å². The molecule has 0 heterocycles. The van der Waals surface area contributed by atoms with Crippen LogP contribution in [0, 0.1) is 11.6 Å². The molecule has 0 atom stereocenters. The van der Waals surface area contributed by atoms with E-state index in [0.717, 1.165) is 30.3 Å². The molecule has 0 aliphatic rings. The van der Waals surface area contributed by atoms with E-state index in [1.165, 1.54) is 12.1 Å². The van der Waals surface area contributed by atoms with Crippen molar-refractivity contribution >= 4 is 28.9 Å². The second kappa shape index (κ2) is 7.43. The number of rotatable bonds is 3. The number of alkyl halides is 3. The van der Waals surface area contributed by atoms with Crippen LogP contribution < -0.4 is 15.4 Å². The largest absolute Gasteiger partial charge is 0.573 e. The summed E-state index contributed by atoms with van der Waals surface area (Å²) in [5.41, 5.74) is -0.575. The molecule has 0 bridgehead atoms. The van der Waals surface area contributed by atoms with Gasteiger partial charge in [-0.25, -0.2) is 8.78 Å². The number of nitrogens with one attached hydrogen (secondary N) is 2. The molecule has 0 spiro atoms. The normalized spacial score (nSPS) is 10.9. The van der Waals surface area contributed by atoms with Crippen LogP contribution in [-0.2, 0) is 0 Å². The highest BCUT2D eigenvalue weighted by molar-refractivity contribution is 7.80. The van der Waals surface area contributed by atoms with Gasteiger partial charge in [-0.2, -0.15) is 0 Å². The van der Waals surface area contributed by atoms with Gasteiger partial charge in [0.25, 0.3) is 5.91 Å². The molecule has 4 nitrogen and oxygen atoms in total. The van der Waals surface area contributed by atoms with Gasteiger partial charge in [-0.3, -0.25) is 10.1 Å². The molecule has 0 radical (unpaired) electrons. The van der Waals surface area contributed by atoms with Gasteiger partial charge in [0.2, 0.25) is 0 Å². The fourth-order valence-corrected chi connectivity index (χ4v) is 1.99. The molecule has 0 aliphatic heterocycles. The number of carbonyl (C=O) groups excluding carboxylic acids is 1. The first-order chi connectivity index (χ1) is 11.7. The summed E-state index contributed by atoms with van der Waals surface area (Å²) in [6, 6.07) is 7.39. The first-order valence-electron chi connectivity index (χ1n) is 6.58. The zero-order valence-corrected chi connectivity index (χ0v) is 13.0. The lowest BCUT2D eigenvalue weighted by Gasteiger charge is -2.12. The van der Waals surface area contributed by atoms with E-state index in [-0.39, 0.29) is 10.8 Å². The number of thiocarbonyl (C=S) groups is 1.